The summed E-state index contributed by atoms with van der Waals surface area (Å²) in [6.07, 6.45) is 1.91. The third-order valence-electron chi connectivity index (χ3n) is 3.32. The van der Waals surface area contributed by atoms with Crippen LogP contribution in [0.15, 0.2) is 24.8 Å². The van der Waals surface area contributed by atoms with Gasteiger partial charge in [0.1, 0.15) is 0 Å². The lowest BCUT2D eigenvalue weighted by Crippen LogP contribution is -2.23. The van der Waals surface area contributed by atoms with Gasteiger partial charge in [0.25, 0.3) is 0 Å². The highest BCUT2D eigenvalue weighted by Gasteiger charge is 2.30. The van der Waals surface area contributed by atoms with Crippen LogP contribution in [0.5, 0.6) is 0 Å². The average molecular weight is 350 g/mol. The van der Waals surface area contributed by atoms with E-state index in [0.717, 1.165) is 5.57 Å². The molecule has 0 bridgehead atoms. The molecule has 0 amide bonds. The summed E-state index contributed by atoms with van der Waals surface area (Å²) in [6.45, 7) is 13.6. The van der Waals surface area contributed by atoms with Crippen molar-refractivity contribution in [2.75, 3.05) is 27.4 Å². The number of ether oxygens (including phenoxy) is 2. The minimum absolute atomic E-state index is 0.0552. The van der Waals surface area contributed by atoms with Crippen molar-refractivity contribution in [3.05, 3.63) is 24.8 Å². The van der Waals surface area contributed by atoms with E-state index in [-0.39, 0.29) is 25.4 Å². The van der Waals surface area contributed by atoms with Gasteiger partial charge in [0.15, 0.2) is 6.29 Å². The molecule has 6 nitrogen and oxygen atoms in total. The van der Waals surface area contributed by atoms with E-state index in [1.54, 1.807) is 34.1 Å². The Hall–Kier alpha value is -0.490. The summed E-state index contributed by atoms with van der Waals surface area (Å²) in [5.74, 6) is 0.0552. The molecule has 0 heterocycles. The van der Waals surface area contributed by atoms with E-state index in [1.807, 2.05) is 6.92 Å². The molecule has 0 N–H and O–H groups in total. The molecule has 136 valence electrons. The molecule has 0 spiro atoms. The molecule has 0 aliphatic rings. The molecule has 0 aromatic carbocycles. The molecular weight excluding hydrogens is 319 g/mol. The summed E-state index contributed by atoms with van der Waals surface area (Å²) in [7, 11) is -0.416. The molecule has 23 heavy (non-hydrogen) atoms. The third-order valence-corrected chi connectivity index (χ3v) is 5.00. The van der Waals surface area contributed by atoms with Crippen molar-refractivity contribution in [1.29, 1.82) is 0 Å². The number of phosphoric acid groups is 1. The number of methoxy groups -OCH3 is 2. The van der Waals surface area contributed by atoms with E-state index < -0.39 is 13.9 Å². The molecule has 7 heteroatoms. The van der Waals surface area contributed by atoms with Crippen LogP contribution in [0.25, 0.3) is 0 Å². The fourth-order valence-corrected chi connectivity index (χ4v) is 3.39. The first-order valence-corrected chi connectivity index (χ1v) is 9.22. The van der Waals surface area contributed by atoms with E-state index in [4.69, 9.17) is 23.0 Å². The Morgan fingerprint density at radius 1 is 1.13 bits per heavy atom. The Morgan fingerprint density at radius 3 is 2.00 bits per heavy atom. The number of hydrogen-bond donors (Lipinski definition) is 0. The van der Waals surface area contributed by atoms with Gasteiger partial charge in [-0.1, -0.05) is 18.2 Å². The fourth-order valence-electron chi connectivity index (χ4n) is 2.06. The molecule has 0 saturated heterocycles. The zero-order valence-electron chi connectivity index (χ0n) is 14.9. The van der Waals surface area contributed by atoms with E-state index >= 15 is 0 Å². The molecule has 2 atom stereocenters. The second-order valence-corrected chi connectivity index (χ2v) is 6.70. The molecule has 0 rings (SSSR count). The van der Waals surface area contributed by atoms with Gasteiger partial charge in [-0.05, 0) is 33.1 Å². The molecular formula is C16H31O6P. The Labute approximate surface area is 140 Å². The van der Waals surface area contributed by atoms with Crippen molar-refractivity contribution in [1.82, 2.24) is 0 Å². The first kappa shape index (κ1) is 22.5. The van der Waals surface area contributed by atoms with Crippen molar-refractivity contribution >= 4 is 7.82 Å². The van der Waals surface area contributed by atoms with E-state index in [2.05, 4.69) is 13.2 Å². The quantitative estimate of drug-likeness (QED) is 0.264. The van der Waals surface area contributed by atoms with Gasteiger partial charge in [0.05, 0.1) is 19.3 Å². The summed E-state index contributed by atoms with van der Waals surface area (Å²) in [5, 5.41) is 0. The van der Waals surface area contributed by atoms with Crippen molar-refractivity contribution < 1.29 is 27.6 Å². The van der Waals surface area contributed by atoms with Crippen LogP contribution in [0.3, 0.4) is 0 Å². The van der Waals surface area contributed by atoms with Gasteiger partial charge in [0, 0.05) is 20.6 Å². The van der Waals surface area contributed by atoms with Gasteiger partial charge < -0.3 is 9.47 Å². The molecule has 0 fully saturated rings. The van der Waals surface area contributed by atoms with Crippen molar-refractivity contribution in [3.63, 3.8) is 0 Å². The van der Waals surface area contributed by atoms with E-state index in [0.29, 0.717) is 12.8 Å². The number of allylic oxidation sites excluding steroid dienone is 1. The first-order valence-electron chi connectivity index (χ1n) is 7.76. The first-order chi connectivity index (χ1) is 10.9. The fraction of sp³-hybridized carbons (Fsp3) is 0.750. The average Bonchev–Trinajstić information content (AvgIpc) is 2.50. The second-order valence-electron chi connectivity index (χ2n) is 5.08. The molecule has 0 aromatic heterocycles. The zero-order chi connectivity index (χ0) is 17.9. The van der Waals surface area contributed by atoms with Crippen molar-refractivity contribution in [2.24, 2.45) is 5.92 Å². The topological polar surface area (TPSA) is 63.2 Å². The normalized spacial score (nSPS) is 14.7. The van der Waals surface area contributed by atoms with Crippen LogP contribution < -0.4 is 0 Å². The Kier molecular flexibility index (Phi) is 11.7. The predicted molar refractivity (Wildman–Crippen MR) is 91.3 cm³/mol. The van der Waals surface area contributed by atoms with Crippen LogP contribution in [0.2, 0.25) is 0 Å². The minimum atomic E-state index is -3.59. The molecule has 0 unspecified atom stereocenters. The SMILES string of the molecule is C=C[C@@H](C[C@H](CC(OC)OC)C(=C)C)OP(=O)(OCC)OCC. The highest BCUT2D eigenvalue weighted by atomic mass is 31.2. The lowest BCUT2D eigenvalue weighted by atomic mass is 9.91. The lowest BCUT2D eigenvalue weighted by molar-refractivity contribution is -0.113. The standard InChI is InChI=1S/C16H31O6P/c1-8-15(22-23(17,20-9-2)21-10-3)11-14(13(4)5)12-16(18-6)19-7/h8,14-16H,1,4,9-12H2,2-3,5-7H3/t14-,15+/m1/s1. The van der Waals surface area contributed by atoms with Gasteiger partial charge >= 0.3 is 7.82 Å². The minimum Gasteiger partial charge on any atom is -0.356 e. The van der Waals surface area contributed by atoms with Crippen molar-refractivity contribution in [2.45, 2.75) is 46.0 Å². The smallest absolute Gasteiger partial charge is 0.356 e. The number of phosphoric ester groups is 1. The van der Waals surface area contributed by atoms with Crippen molar-refractivity contribution in [3.8, 4) is 0 Å². The second kappa shape index (κ2) is 12.0. The molecule has 0 aromatic rings. The predicted octanol–water partition coefficient (Wildman–Crippen LogP) is 4.33. The van der Waals surface area contributed by atoms with Gasteiger partial charge in [-0.25, -0.2) is 4.57 Å². The maximum absolute atomic E-state index is 12.5. The van der Waals surface area contributed by atoms with Crippen LogP contribution in [0, 0.1) is 5.92 Å². The third kappa shape index (κ3) is 8.80. The van der Waals surface area contributed by atoms with E-state index in [1.165, 1.54) is 0 Å². The molecule has 0 aliphatic heterocycles. The Balaban J connectivity index is 4.95. The summed E-state index contributed by atoms with van der Waals surface area (Å²) in [6, 6.07) is 0. The largest absolute Gasteiger partial charge is 0.475 e. The molecule has 0 aliphatic carbocycles. The molecule has 0 radical (unpaired) electrons. The van der Waals surface area contributed by atoms with Gasteiger partial charge in [-0.15, -0.1) is 6.58 Å². The zero-order valence-corrected chi connectivity index (χ0v) is 15.8. The maximum Gasteiger partial charge on any atom is 0.475 e. The van der Waals surface area contributed by atoms with Crippen LogP contribution in [-0.2, 0) is 27.6 Å². The summed E-state index contributed by atoms with van der Waals surface area (Å²) < 4.78 is 38.8. The summed E-state index contributed by atoms with van der Waals surface area (Å²) >= 11 is 0. The van der Waals surface area contributed by atoms with Crippen LogP contribution in [0.4, 0.5) is 0 Å². The van der Waals surface area contributed by atoms with Gasteiger partial charge in [-0.2, -0.15) is 0 Å². The van der Waals surface area contributed by atoms with Crippen LogP contribution in [0.1, 0.15) is 33.6 Å². The van der Waals surface area contributed by atoms with E-state index in [9.17, 15) is 4.57 Å². The number of hydrogen-bond acceptors (Lipinski definition) is 6. The van der Waals surface area contributed by atoms with Crippen LogP contribution >= 0.6 is 7.82 Å². The Morgan fingerprint density at radius 2 is 1.65 bits per heavy atom. The van der Waals surface area contributed by atoms with Gasteiger partial charge in [0.2, 0.25) is 0 Å². The monoisotopic (exact) mass is 350 g/mol. The summed E-state index contributed by atoms with van der Waals surface area (Å²) in [4.78, 5) is 0. The highest BCUT2D eigenvalue weighted by Crippen LogP contribution is 2.51. The molecule has 0 saturated carbocycles. The van der Waals surface area contributed by atoms with Gasteiger partial charge in [-0.3, -0.25) is 13.6 Å². The lowest BCUT2D eigenvalue weighted by Gasteiger charge is -2.27. The van der Waals surface area contributed by atoms with Crippen LogP contribution in [-0.4, -0.2) is 39.8 Å². The summed E-state index contributed by atoms with van der Waals surface area (Å²) in [5.41, 5.74) is 0.960. The highest BCUT2D eigenvalue weighted by molar-refractivity contribution is 7.48. The maximum atomic E-state index is 12.5. The number of rotatable bonds is 14. The Bertz CT molecular complexity index is 384.